The van der Waals surface area contributed by atoms with Crippen molar-refractivity contribution in [3.8, 4) is 43.8 Å². The molecule has 0 fully saturated rings. The van der Waals surface area contributed by atoms with Crippen molar-refractivity contribution in [1.29, 1.82) is 0 Å². The summed E-state index contributed by atoms with van der Waals surface area (Å²) in [6.07, 6.45) is 0. The van der Waals surface area contributed by atoms with Gasteiger partial charge in [0.2, 0.25) is 0 Å². The lowest BCUT2D eigenvalue weighted by atomic mass is 9.70. The predicted octanol–water partition coefficient (Wildman–Crippen LogP) is 12.9. The van der Waals surface area contributed by atoms with Crippen molar-refractivity contribution in [2.75, 3.05) is 0 Å². The highest BCUT2D eigenvalue weighted by Crippen LogP contribution is 2.66. The zero-order valence-electron chi connectivity index (χ0n) is 26.1. The standard InChI is InChI=1S/C47H28S/c1-3-13-31-25-33(23-21-29(31)11-1)35-27-39(34-24-22-30-12-2-4-14-32(30)26-34)45-40(28-35)44-46(48-45)38-17-7-10-20-43(38)47(44)41-18-8-5-15-36(41)37-16-6-9-19-42(37)47/h1-28H. The number of thiophene rings is 1. The van der Waals surface area contributed by atoms with Crippen LogP contribution in [-0.2, 0) is 5.41 Å². The van der Waals surface area contributed by atoms with Gasteiger partial charge in [-0.05, 0) is 107 Å². The molecule has 0 amide bonds. The highest BCUT2D eigenvalue weighted by molar-refractivity contribution is 7.23. The zero-order valence-corrected chi connectivity index (χ0v) is 26.9. The van der Waals surface area contributed by atoms with E-state index in [1.807, 2.05) is 11.3 Å². The van der Waals surface area contributed by atoms with Crippen molar-refractivity contribution in [2.24, 2.45) is 0 Å². The zero-order chi connectivity index (χ0) is 31.4. The fraction of sp³-hybridized carbons (Fsp3) is 0.0213. The average Bonchev–Trinajstić information content (AvgIpc) is 3.78. The van der Waals surface area contributed by atoms with Crippen LogP contribution in [0.3, 0.4) is 0 Å². The molecule has 1 spiro atoms. The molecular formula is C47H28S. The summed E-state index contributed by atoms with van der Waals surface area (Å²) in [7, 11) is 0. The van der Waals surface area contributed by atoms with Crippen LogP contribution in [0.1, 0.15) is 22.3 Å². The Hall–Kier alpha value is -5.76. The van der Waals surface area contributed by atoms with E-state index in [0.29, 0.717) is 0 Å². The Bertz CT molecular complexity index is 2750. The summed E-state index contributed by atoms with van der Waals surface area (Å²) in [4.78, 5) is 1.39. The van der Waals surface area contributed by atoms with Gasteiger partial charge in [-0.15, -0.1) is 11.3 Å². The van der Waals surface area contributed by atoms with Gasteiger partial charge in [0.15, 0.2) is 0 Å². The molecular weight excluding hydrogens is 597 g/mol. The molecule has 0 aliphatic heterocycles. The smallest absolute Gasteiger partial charge is 0.0740 e. The first-order valence-electron chi connectivity index (χ1n) is 16.7. The molecule has 1 aromatic heterocycles. The van der Waals surface area contributed by atoms with E-state index in [4.69, 9.17) is 0 Å². The molecule has 2 aliphatic rings. The Morgan fingerprint density at radius 2 is 0.854 bits per heavy atom. The van der Waals surface area contributed by atoms with Crippen molar-refractivity contribution in [3.63, 3.8) is 0 Å². The van der Waals surface area contributed by atoms with E-state index >= 15 is 0 Å². The van der Waals surface area contributed by atoms with Gasteiger partial charge in [0.05, 0.1) is 5.41 Å². The summed E-state index contributed by atoms with van der Waals surface area (Å²) in [6, 6.07) is 63.6. The molecule has 11 rings (SSSR count). The fourth-order valence-corrected chi connectivity index (χ4v) is 10.2. The van der Waals surface area contributed by atoms with Crippen LogP contribution in [0.4, 0.5) is 0 Å². The molecule has 0 nitrogen and oxygen atoms in total. The molecule has 0 atom stereocenters. The minimum absolute atomic E-state index is 0.375. The van der Waals surface area contributed by atoms with Gasteiger partial charge in [-0.1, -0.05) is 146 Å². The lowest BCUT2D eigenvalue weighted by Crippen LogP contribution is -2.25. The Labute approximate surface area is 283 Å². The minimum Gasteiger partial charge on any atom is -0.134 e. The van der Waals surface area contributed by atoms with E-state index in [1.165, 1.54) is 97.7 Å². The molecule has 9 aromatic rings. The maximum Gasteiger partial charge on any atom is 0.0740 e. The molecule has 1 heteroatoms. The van der Waals surface area contributed by atoms with E-state index in [2.05, 4.69) is 170 Å². The van der Waals surface area contributed by atoms with Gasteiger partial charge in [-0.2, -0.15) is 0 Å². The van der Waals surface area contributed by atoms with Gasteiger partial charge in [0.25, 0.3) is 0 Å². The van der Waals surface area contributed by atoms with Gasteiger partial charge in [-0.3, -0.25) is 0 Å². The second kappa shape index (κ2) is 9.64. The molecule has 0 unspecified atom stereocenters. The largest absolute Gasteiger partial charge is 0.134 e. The summed E-state index contributed by atoms with van der Waals surface area (Å²) in [5.41, 5.74) is 14.3. The van der Waals surface area contributed by atoms with Gasteiger partial charge in [0.1, 0.15) is 0 Å². The third-order valence-electron chi connectivity index (χ3n) is 10.8. The second-order valence-corrected chi connectivity index (χ2v) is 14.2. The predicted molar refractivity (Wildman–Crippen MR) is 204 cm³/mol. The maximum atomic E-state index is 2.50. The minimum atomic E-state index is -0.375. The van der Waals surface area contributed by atoms with Crippen molar-refractivity contribution in [3.05, 3.63) is 192 Å². The summed E-state index contributed by atoms with van der Waals surface area (Å²) < 4.78 is 1.36. The Balaban J connectivity index is 1.30. The SMILES string of the molecule is c1ccc2c(c1)-c1ccccc1C21c2ccccc2-c2sc3c(-c4ccc5ccccc5c4)cc(-c4ccc5ccccc5c4)cc3c21. The summed E-state index contributed by atoms with van der Waals surface area (Å²) in [6.45, 7) is 0. The number of rotatable bonds is 2. The van der Waals surface area contributed by atoms with Gasteiger partial charge < -0.3 is 0 Å². The lowest BCUT2D eigenvalue weighted by Gasteiger charge is -2.30. The molecule has 0 bridgehead atoms. The fourth-order valence-electron chi connectivity index (χ4n) is 8.81. The topological polar surface area (TPSA) is 0 Å². The van der Waals surface area contributed by atoms with Gasteiger partial charge >= 0.3 is 0 Å². The van der Waals surface area contributed by atoms with Crippen molar-refractivity contribution in [1.82, 2.24) is 0 Å². The molecule has 0 radical (unpaired) electrons. The molecule has 222 valence electrons. The quantitative estimate of drug-likeness (QED) is 0.179. The number of hydrogen-bond donors (Lipinski definition) is 0. The van der Waals surface area contributed by atoms with Crippen LogP contribution in [0, 0.1) is 0 Å². The van der Waals surface area contributed by atoms with Crippen LogP contribution in [-0.4, -0.2) is 0 Å². The summed E-state index contributed by atoms with van der Waals surface area (Å²) >= 11 is 1.97. The number of hydrogen-bond acceptors (Lipinski definition) is 1. The molecule has 2 aliphatic carbocycles. The first-order valence-corrected chi connectivity index (χ1v) is 17.5. The van der Waals surface area contributed by atoms with Crippen LogP contribution >= 0.6 is 11.3 Å². The Kier molecular flexibility index (Phi) is 5.29. The van der Waals surface area contributed by atoms with E-state index in [0.717, 1.165) is 0 Å². The third-order valence-corrected chi connectivity index (χ3v) is 12.1. The third kappa shape index (κ3) is 3.39. The molecule has 0 saturated heterocycles. The maximum absolute atomic E-state index is 2.50. The average molecular weight is 625 g/mol. The van der Waals surface area contributed by atoms with Gasteiger partial charge in [-0.25, -0.2) is 0 Å². The Morgan fingerprint density at radius 1 is 0.354 bits per heavy atom. The molecule has 0 N–H and O–H groups in total. The highest BCUT2D eigenvalue weighted by Gasteiger charge is 2.53. The van der Waals surface area contributed by atoms with Crippen molar-refractivity contribution >= 4 is 43.0 Å². The van der Waals surface area contributed by atoms with Crippen LogP contribution in [0.2, 0.25) is 0 Å². The van der Waals surface area contributed by atoms with Crippen molar-refractivity contribution in [2.45, 2.75) is 5.41 Å². The molecule has 48 heavy (non-hydrogen) atoms. The lowest BCUT2D eigenvalue weighted by molar-refractivity contribution is 0.802. The first-order chi connectivity index (χ1) is 23.8. The first kappa shape index (κ1) is 26.3. The van der Waals surface area contributed by atoms with Crippen molar-refractivity contribution < 1.29 is 0 Å². The monoisotopic (exact) mass is 624 g/mol. The normalized spacial score (nSPS) is 13.6. The van der Waals surface area contributed by atoms with E-state index in [-0.39, 0.29) is 5.41 Å². The molecule has 0 saturated carbocycles. The molecule has 1 heterocycles. The van der Waals surface area contributed by atoms with Crippen LogP contribution in [0.25, 0.3) is 75.5 Å². The van der Waals surface area contributed by atoms with Crippen LogP contribution in [0.5, 0.6) is 0 Å². The summed E-state index contributed by atoms with van der Waals surface area (Å²) in [5.74, 6) is 0. The second-order valence-electron chi connectivity index (χ2n) is 13.2. The Morgan fingerprint density at radius 3 is 1.50 bits per heavy atom. The highest BCUT2D eigenvalue weighted by atomic mass is 32.1. The molecule has 8 aromatic carbocycles. The number of benzene rings is 8. The van der Waals surface area contributed by atoms with E-state index < -0.39 is 0 Å². The van der Waals surface area contributed by atoms with Crippen LogP contribution < -0.4 is 0 Å². The van der Waals surface area contributed by atoms with Crippen LogP contribution in [0.15, 0.2) is 170 Å². The van der Waals surface area contributed by atoms with Gasteiger partial charge in [0, 0.05) is 15.1 Å². The number of fused-ring (bicyclic) bond motifs is 14. The van der Waals surface area contributed by atoms with E-state index in [9.17, 15) is 0 Å². The van der Waals surface area contributed by atoms with E-state index in [1.54, 1.807) is 0 Å². The summed E-state index contributed by atoms with van der Waals surface area (Å²) in [5, 5.41) is 6.42.